The van der Waals surface area contributed by atoms with E-state index in [1.165, 1.54) is 11.8 Å². The number of carbonyl (C=O) groups excluding carboxylic acids is 1. The Balaban J connectivity index is 2.79. The maximum Gasteiger partial charge on any atom is 0.241 e. The van der Waals surface area contributed by atoms with Crippen LogP contribution in [0.5, 0.6) is 0 Å². The zero-order chi connectivity index (χ0) is 12.3. The average Bonchev–Trinajstić information content (AvgIpc) is 2.25. The smallest absolute Gasteiger partial charge is 0.241 e. The van der Waals surface area contributed by atoms with Gasteiger partial charge in [0.05, 0.1) is 19.3 Å². The molecule has 0 aliphatic carbocycles. The zero-order valence-corrected chi connectivity index (χ0v) is 10.4. The number of hydrogen-bond acceptors (Lipinski definition) is 5. The number of morpholine rings is 1. The number of nitrogens with two attached hydrogens (primary N) is 1. The number of rotatable bonds is 3. The van der Waals surface area contributed by atoms with Crippen LogP contribution in [0.3, 0.4) is 0 Å². The van der Waals surface area contributed by atoms with Crippen LogP contribution in [0.2, 0.25) is 0 Å². The van der Waals surface area contributed by atoms with Crippen LogP contribution in [0.4, 0.5) is 0 Å². The molecule has 0 bridgehead atoms. The van der Waals surface area contributed by atoms with Crippen molar-refractivity contribution in [1.82, 2.24) is 4.90 Å². The molecule has 16 heavy (non-hydrogen) atoms. The molecule has 1 aliphatic rings. The largest absolute Gasteiger partial charge is 0.377 e. The van der Waals surface area contributed by atoms with E-state index in [4.69, 9.17) is 10.5 Å². The lowest BCUT2D eigenvalue weighted by atomic mass is 10.2. The maximum absolute atomic E-state index is 11.9. The Morgan fingerprint density at radius 3 is 2.75 bits per heavy atom. The predicted molar refractivity (Wildman–Crippen MR) is 59.7 cm³/mol. The highest BCUT2D eigenvalue weighted by molar-refractivity contribution is 7.92. The molecule has 0 aromatic rings. The van der Waals surface area contributed by atoms with Crippen LogP contribution in [0.1, 0.15) is 6.92 Å². The Hall–Kier alpha value is -0.660. The Labute approximate surface area is 95.7 Å². The van der Waals surface area contributed by atoms with Crippen LogP contribution in [-0.2, 0) is 19.4 Å². The summed E-state index contributed by atoms with van der Waals surface area (Å²) in [5.41, 5.74) is 5.52. The van der Waals surface area contributed by atoms with Gasteiger partial charge in [0.2, 0.25) is 5.91 Å². The molecule has 7 heteroatoms. The molecule has 2 atom stereocenters. The molecule has 1 saturated heterocycles. The second kappa shape index (κ2) is 5.11. The molecule has 2 N–H and O–H groups in total. The standard InChI is InChI=1S/C9H18N2O4S/c1-7(16(2,13)14)9(12)11-3-4-15-6-8(11)5-10/h7-8H,3-6,10H2,1-2H3. The van der Waals surface area contributed by atoms with E-state index < -0.39 is 15.1 Å². The van der Waals surface area contributed by atoms with Gasteiger partial charge in [-0.2, -0.15) is 0 Å². The summed E-state index contributed by atoms with van der Waals surface area (Å²) in [6.07, 6.45) is 1.06. The minimum absolute atomic E-state index is 0.217. The first kappa shape index (κ1) is 13.4. The molecule has 0 spiro atoms. The van der Waals surface area contributed by atoms with E-state index in [1.807, 2.05) is 0 Å². The normalized spacial score (nSPS) is 24.2. The lowest BCUT2D eigenvalue weighted by Gasteiger charge is -2.36. The maximum atomic E-state index is 11.9. The van der Waals surface area contributed by atoms with Crippen LogP contribution >= 0.6 is 0 Å². The average molecular weight is 250 g/mol. The number of ether oxygens (including phenoxy) is 1. The van der Waals surface area contributed by atoms with E-state index in [2.05, 4.69) is 0 Å². The summed E-state index contributed by atoms with van der Waals surface area (Å²) in [7, 11) is -3.36. The van der Waals surface area contributed by atoms with E-state index in [0.717, 1.165) is 6.26 Å². The number of nitrogens with zero attached hydrogens (tertiary/aromatic N) is 1. The van der Waals surface area contributed by atoms with Gasteiger partial charge in [-0.25, -0.2) is 8.42 Å². The fourth-order valence-corrected chi connectivity index (χ4v) is 2.06. The zero-order valence-electron chi connectivity index (χ0n) is 9.55. The second-order valence-corrected chi connectivity index (χ2v) is 6.33. The third-order valence-electron chi connectivity index (χ3n) is 2.77. The second-order valence-electron chi connectivity index (χ2n) is 3.97. The van der Waals surface area contributed by atoms with Crippen LogP contribution < -0.4 is 5.73 Å². The van der Waals surface area contributed by atoms with Crippen molar-refractivity contribution in [3.8, 4) is 0 Å². The quantitative estimate of drug-likeness (QED) is 0.666. The summed E-state index contributed by atoms with van der Waals surface area (Å²) >= 11 is 0. The molecule has 94 valence electrons. The summed E-state index contributed by atoms with van der Waals surface area (Å²) in [6, 6.07) is -0.217. The molecule has 0 aromatic heterocycles. The fourth-order valence-electron chi connectivity index (χ4n) is 1.56. The Kier molecular flexibility index (Phi) is 4.28. The fraction of sp³-hybridized carbons (Fsp3) is 0.889. The van der Waals surface area contributed by atoms with Crippen molar-refractivity contribution in [1.29, 1.82) is 0 Å². The third-order valence-corrected chi connectivity index (χ3v) is 4.26. The van der Waals surface area contributed by atoms with E-state index in [0.29, 0.717) is 19.8 Å². The van der Waals surface area contributed by atoms with Gasteiger partial charge in [-0.1, -0.05) is 0 Å². The van der Waals surface area contributed by atoms with Gasteiger partial charge < -0.3 is 15.4 Å². The van der Waals surface area contributed by atoms with Gasteiger partial charge in [-0.3, -0.25) is 4.79 Å². The highest BCUT2D eigenvalue weighted by Gasteiger charge is 2.33. The summed E-state index contributed by atoms with van der Waals surface area (Å²) in [6.45, 7) is 2.89. The molecule has 0 radical (unpaired) electrons. The molecular weight excluding hydrogens is 232 g/mol. The highest BCUT2D eigenvalue weighted by atomic mass is 32.2. The summed E-state index contributed by atoms with van der Waals surface area (Å²) in [5.74, 6) is -0.388. The topological polar surface area (TPSA) is 89.7 Å². The Morgan fingerprint density at radius 1 is 1.62 bits per heavy atom. The number of hydrogen-bond donors (Lipinski definition) is 1. The van der Waals surface area contributed by atoms with Crippen molar-refractivity contribution in [2.24, 2.45) is 5.73 Å². The number of sulfone groups is 1. The highest BCUT2D eigenvalue weighted by Crippen LogP contribution is 2.11. The first-order valence-corrected chi connectivity index (χ1v) is 7.10. The van der Waals surface area contributed by atoms with Crippen LogP contribution in [-0.4, -0.2) is 63.1 Å². The van der Waals surface area contributed by atoms with Crippen molar-refractivity contribution >= 4 is 15.7 Å². The van der Waals surface area contributed by atoms with Gasteiger partial charge in [0.1, 0.15) is 5.25 Å². The van der Waals surface area contributed by atoms with Crippen LogP contribution in [0.15, 0.2) is 0 Å². The van der Waals surface area contributed by atoms with Crippen molar-refractivity contribution in [2.75, 3.05) is 32.6 Å². The van der Waals surface area contributed by atoms with E-state index in [1.54, 1.807) is 0 Å². The molecular formula is C9H18N2O4S. The van der Waals surface area contributed by atoms with Crippen molar-refractivity contribution in [3.63, 3.8) is 0 Å². The molecule has 1 heterocycles. The Bertz CT molecular complexity index is 355. The summed E-state index contributed by atoms with van der Waals surface area (Å²) < 4.78 is 27.8. The van der Waals surface area contributed by atoms with E-state index in [9.17, 15) is 13.2 Å². The Morgan fingerprint density at radius 2 is 2.25 bits per heavy atom. The minimum Gasteiger partial charge on any atom is -0.377 e. The number of amides is 1. The third kappa shape index (κ3) is 2.93. The molecule has 0 saturated carbocycles. The number of carbonyl (C=O) groups is 1. The first-order chi connectivity index (χ1) is 7.38. The molecule has 2 unspecified atom stereocenters. The van der Waals surface area contributed by atoms with Gasteiger partial charge in [0.15, 0.2) is 9.84 Å². The van der Waals surface area contributed by atoms with Gasteiger partial charge >= 0.3 is 0 Å². The molecule has 0 aromatic carbocycles. The lowest BCUT2D eigenvalue weighted by Crippen LogP contribution is -2.55. The van der Waals surface area contributed by atoms with Crippen molar-refractivity contribution < 1.29 is 17.9 Å². The van der Waals surface area contributed by atoms with Gasteiger partial charge in [-0.15, -0.1) is 0 Å². The molecule has 1 aliphatic heterocycles. The molecule has 6 nitrogen and oxygen atoms in total. The monoisotopic (exact) mass is 250 g/mol. The molecule has 1 amide bonds. The molecule has 1 fully saturated rings. The minimum atomic E-state index is -3.36. The van der Waals surface area contributed by atoms with E-state index >= 15 is 0 Å². The van der Waals surface area contributed by atoms with Crippen LogP contribution in [0, 0.1) is 0 Å². The van der Waals surface area contributed by atoms with Gasteiger partial charge in [0.25, 0.3) is 0 Å². The van der Waals surface area contributed by atoms with Crippen LogP contribution in [0.25, 0.3) is 0 Å². The van der Waals surface area contributed by atoms with Gasteiger partial charge in [-0.05, 0) is 6.92 Å². The SMILES string of the molecule is CC(C(=O)N1CCOCC1CN)S(C)(=O)=O. The van der Waals surface area contributed by atoms with Gasteiger partial charge in [0, 0.05) is 19.3 Å². The lowest BCUT2D eigenvalue weighted by molar-refractivity contribution is -0.138. The summed E-state index contributed by atoms with van der Waals surface area (Å²) in [4.78, 5) is 13.5. The van der Waals surface area contributed by atoms with Crippen molar-refractivity contribution in [3.05, 3.63) is 0 Å². The predicted octanol–water partition coefficient (Wildman–Crippen LogP) is -1.39. The summed E-state index contributed by atoms with van der Waals surface area (Å²) in [5, 5.41) is -1.01. The van der Waals surface area contributed by atoms with E-state index in [-0.39, 0.29) is 18.5 Å². The first-order valence-electron chi connectivity index (χ1n) is 5.15. The molecule has 1 rings (SSSR count). The van der Waals surface area contributed by atoms with Crippen molar-refractivity contribution in [2.45, 2.75) is 18.2 Å².